The Balaban J connectivity index is 1.81. The molecule has 3 aromatic rings. The van der Waals surface area contributed by atoms with Gasteiger partial charge in [0.05, 0.1) is 11.4 Å². The number of nitrogens with one attached hydrogen (secondary N) is 1. The molecule has 1 N–H and O–H groups in total. The zero-order chi connectivity index (χ0) is 16.7. The van der Waals surface area contributed by atoms with Gasteiger partial charge in [0.1, 0.15) is 5.82 Å². The Morgan fingerprint density at radius 1 is 1.12 bits per heavy atom. The lowest BCUT2D eigenvalue weighted by molar-refractivity contribution is 0.882. The number of rotatable bonds is 3. The Bertz CT molecular complexity index is 881. The lowest BCUT2D eigenvalue weighted by atomic mass is 10.1. The molecule has 24 heavy (non-hydrogen) atoms. The molecule has 0 radical (unpaired) electrons. The Hall–Kier alpha value is -2.46. The average molecular weight is 339 g/mol. The molecule has 5 heteroatoms. The molecule has 1 aromatic heterocycles. The van der Waals surface area contributed by atoms with E-state index in [4.69, 9.17) is 16.7 Å². The highest BCUT2D eigenvalue weighted by Gasteiger charge is 2.23. The molecule has 122 valence electrons. The summed E-state index contributed by atoms with van der Waals surface area (Å²) in [6, 6.07) is 16.3. The van der Waals surface area contributed by atoms with E-state index in [0.29, 0.717) is 5.02 Å². The van der Waals surface area contributed by atoms with E-state index < -0.39 is 0 Å². The summed E-state index contributed by atoms with van der Waals surface area (Å²) in [6.45, 7) is 0.941. The van der Waals surface area contributed by atoms with Gasteiger partial charge in [0, 0.05) is 42.5 Å². The zero-order valence-electron chi connectivity index (χ0n) is 13.8. The SMILES string of the molecule is CN(C)c1ccc(-c2nn(-c3cccc(Cl)c3)c3c2CCN3)cc1. The van der Waals surface area contributed by atoms with Gasteiger partial charge in [-0.25, -0.2) is 4.68 Å². The van der Waals surface area contributed by atoms with Crippen molar-refractivity contribution in [1.29, 1.82) is 0 Å². The van der Waals surface area contributed by atoms with E-state index >= 15 is 0 Å². The van der Waals surface area contributed by atoms with Crippen LogP contribution in [0.1, 0.15) is 5.56 Å². The zero-order valence-corrected chi connectivity index (χ0v) is 14.5. The second-order valence-electron chi connectivity index (χ2n) is 6.19. The van der Waals surface area contributed by atoms with Crippen molar-refractivity contribution in [2.45, 2.75) is 6.42 Å². The lowest BCUT2D eigenvalue weighted by Gasteiger charge is -2.12. The third kappa shape index (κ3) is 2.53. The van der Waals surface area contributed by atoms with Crippen molar-refractivity contribution in [2.75, 3.05) is 30.9 Å². The first-order valence-corrected chi connectivity index (χ1v) is 8.41. The summed E-state index contributed by atoms with van der Waals surface area (Å²) in [5.41, 5.74) is 5.61. The van der Waals surface area contributed by atoms with Crippen molar-refractivity contribution in [3.05, 3.63) is 59.1 Å². The van der Waals surface area contributed by atoms with Crippen LogP contribution in [0.4, 0.5) is 11.5 Å². The fraction of sp³-hybridized carbons (Fsp3) is 0.211. The summed E-state index contributed by atoms with van der Waals surface area (Å²) < 4.78 is 1.96. The standard InChI is InChI=1S/C19H19ClN4/c1-23(2)15-8-6-13(7-9-15)18-17-10-11-21-19(17)24(22-18)16-5-3-4-14(20)12-16/h3-9,12,21H,10-11H2,1-2H3. The third-order valence-electron chi connectivity index (χ3n) is 4.36. The van der Waals surface area contributed by atoms with E-state index in [1.54, 1.807) is 0 Å². The molecule has 0 spiro atoms. The smallest absolute Gasteiger partial charge is 0.133 e. The van der Waals surface area contributed by atoms with Crippen LogP contribution in [0.15, 0.2) is 48.5 Å². The molecule has 4 rings (SSSR count). The van der Waals surface area contributed by atoms with Crippen molar-refractivity contribution < 1.29 is 0 Å². The van der Waals surface area contributed by atoms with Crippen LogP contribution in [-0.4, -0.2) is 30.4 Å². The van der Waals surface area contributed by atoms with Crippen LogP contribution >= 0.6 is 11.6 Å². The van der Waals surface area contributed by atoms with E-state index in [9.17, 15) is 0 Å². The lowest BCUT2D eigenvalue weighted by Crippen LogP contribution is -2.08. The van der Waals surface area contributed by atoms with Crippen molar-refractivity contribution in [1.82, 2.24) is 9.78 Å². The van der Waals surface area contributed by atoms with Gasteiger partial charge in [-0.1, -0.05) is 29.8 Å². The third-order valence-corrected chi connectivity index (χ3v) is 4.60. The summed E-state index contributed by atoms with van der Waals surface area (Å²) >= 11 is 6.15. The molecular formula is C19H19ClN4. The Kier molecular flexibility index (Phi) is 3.69. The van der Waals surface area contributed by atoms with Crippen LogP contribution < -0.4 is 10.2 Å². The highest BCUT2D eigenvalue weighted by Crippen LogP contribution is 2.35. The number of anilines is 2. The molecular weight excluding hydrogens is 320 g/mol. The summed E-state index contributed by atoms with van der Waals surface area (Å²) in [4.78, 5) is 2.10. The molecule has 0 fully saturated rings. The predicted octanol–water partition coefficient (Wildman–Crippen LogP) is 4.23. The molecule has 0 amide bonds. The van der Waals surface area contributed by atoms with Gasteiger partial charge in [0.25, 0.3) is 0 Å². The van der Waals surface area contributed by atoms with Crippen molar-refractivity contribution in [3.63, 3.8) is 0 Å². The highest BCUT2D eigenvalue weighted by atomic mass is 35.5. The van der Waals surface area contributed by atoms with Gasteiger partial charge in [-0.15, -0.1) is 0 Å². The van der Waals surface area contributed by atoms with Gasteiger partial charge in [0.2, 0.25) is 0 Å². The van der Waals surface area contributed by atoms with Gasteiger partial charge in [-0.05, 0) is 36.8 Å². The fourth-order valence-corrected chi connectivity index (χ4v) is 3.30. The maximum Gasteiger partial charge on any atom is 0.133 e. The first kappa shape index (κ1) is 15.1. The monoisotopic (exact) mass is 338 g/mol. The topological polar surface area (TPSA) is 33.1 Å². The van der Waals surface area contributed by atoms with Crippen LogP contribution in [0.5, 0.6) is 0 Å². The van der Waals surface area contributed by atoms with Crippen LogP contribution in [0.3, 0.4) is 0 Å². The molecule has 0 saturated heterocycles. The van der Waals surface area contributed by atoms with E-state index in [-0.39, 0.29) is 0 Å². The van der Waals surface area contributed by atoms with Gasteiger partial charge >= 0.3 is 0 Å². The molecule has 0 bridgehead atoms. The van der Waals surface area contributed by atoms with Crippen molar-refractivity contribution in [2.24, 2.45) is 0 Å². The van der Waals surface area contributed by atoms with Gasteiger partial charge in [0.15, 0.2) is 0 Å². The van der Waals surface area contributed by atoms with E-state index in [1.165, 1.54) is 11.3 Å². The average Bonchev–Trinajstić information content (AvgIpc) is 3.17. The number of benzene rings is 2. The van der Waals surface area contributed by atoms with Gasteiger partial charge in [-0.3, -0.25) is 0 Å². The second-order valence-corrected chi connectivity index (χ2v) is 6.62. The summed E-state index contributed by atoms with van der Waals surface area (Å²) in [5, 5.41) is 9.04. The van der Waals surface area contributed by atoms with Crippen LogP contribution in [0, 0.1) is 0 Å². The molecule has 2 heterocycles. The molecule has 0 aliphatic carbocycles. The number of fused-ring (bicyclic) bond motifs is 1. The predicted molar refractivity (Wildman–Crippen MR) is 101 cm³/mol. The minimum absolute atomic E-state index is 0.714. The van der Waals surface area contributed by atoms with E-state index in [1.807, 2.05) is 43.0 Å². The molecule has 1 aliphatic rings. The van der Waals surface area contributed by atoms with Crippen molar-refractivity contribution in [3.8, 4) is 16.9 Å². The number of halogens is 1. The van der Waals surface area contributed by atoms with Crippen molar-refractivity contribution >= 4 is 23.1 Å². The first-order chi connectivity index (χ1) is 11.6. The fourth-order valence-electron chi connectivity index (χ4n) is 3.12. The quantitative estimate of drug-likeness (QED) is 0.776. The number of hydrogen-bond donors (Lipinski definition) is 1. The maximum absolute atomic E-state index is 6.15. The number of aromatic nitrogens is 2. The molecule has 0 atom stereocenters. The number of hydrogen-bond acceptors (Lipinski definition) is 3. The normalized spacial score (nSPS) is 12.8. The minimum atomic E-state index is 0.714. The van der Waals surface area contributed by atoms with Crippen LogP contribution in [0.25, 0.3) is 16.9 Å². The maximum atomic E-state index is 6.15. The highest BCUT2D eigenvalue weighted by molar-refractivity contribution is 6.30. The van der Waals surface area contributed by atoms with Gasteiger partial charge in [-0.2, -0.15) is 5.10 Å². The summed E-state index contributed by atoms with van der Waals surface area (Å²) in [7, 11) is 4.09. The largest absolute Gasteiger partial charge is 0.378 e. The minimum Gasteiger partial charge on any atom is -0.378 e. The van der Waals surface area contributed by atoms with Crippen LogP contribution in [-0.2, 0) is 6.42 Å². The molecule has 4 nitrogen and oxygen atoms in total. The molecule has 0 saturated carbocycles. The number of nitrogens with zero attached hydrogens (tertiary/aromatic N) is 3. The van der Waals surface area contributed by atoms with Gasteiger partial charge < -0.3 is 10.2 Å². The van der Waals surface area contributed by atoms with E-state index in [0.717, 1.165) is 35.7 Å². The molecule has 0 unspecified atom stereocenters. The Morgan fingerprint density at radius 2 is 1.92 bits per heavy atom. The summed E-state index contributed by atoms with van der Waals surface area (Å²) in [6.07, 6.45) is 0.987. The summed E-state index contributed by atoms with van der Waals surface area (Å²) in [5.74, 6) is 1.07. The van der Waals surface area contributed by atoms with E-state index in [2.05, 4.69) is 34.5 Å². The second kappa shape index (κ2) is 5.87. The Labute approximate surface area is 146 Å². The first-order valence-electron chi connectivity index (χ1n) is 8.03. The molecule has 1 aliphatic heterocycles. The molecule has 2 aromatic carbocycles. The van der Waals surface area contributed by atoms with Crippen LogP contribution in [0.2, 0.25) is 5.02 Å². The Morgan fingerprint density at radius 3 is 2.62 bits per heavy atom.